The van der Waals surface area contributed by atoms with E-state index in [0.717, 1.165) is 13.0 Å². The van der Waals surface area contributed by atoms with Gasteiger partial charge in [0, 0.05) is 6.04 Å². The van der Waals surface area contributed by atoms with E-state index in [1.54, 1.807) is 0 Å². The van der Waals surface area contributed by atoms with Crippen molar-refractivity contribution >= 4 is 9.84 Å². The second-order valence-corrected chi connectivity index (χ2v) is 9.06. The normalized spacial score (nSPS) is 39.6. The van der Waals surface area contributed by atoms with Crippen LogP contribution >= 0.6 is 0 Å². The summed E-state index contributed by atoms with van der Waals surface area (Å²) in [6, 6.07) is 0.577. The van der Waals surface area contributed by atoms with Gasteiger partial charge in [-0.25, -0.2) is 8.42 Å². The van der Waals surface area contributed by atoms with Gasteiger partial charge in [-0.3, -0.25) is 0 Å². The van der Waals surface area contributed by atoms with Gasteiger partial charge in [0.05, 0.1) is 11.5 Å². The lowest BCUT2D eigenvalue weighted by molar-refractivity contribution is 0.358. The second-order valence-electron chi connectivity index (χ2n) is 6.83. The van der Waals surface area contributed by atoms with Crippen molar-refractivity contribution in [2.45, 2.75) is 46.1 Å². The Labute approximate surface area is 105 Å². The Hall–Kier alpha value is -0.0900. The van der Waals surface area contributed by atoms with Crippen LogP contribution in [-0.4, -0.2) is 32.5 Å². The summed E-state index contributed by atoms with van der Waals surface area (Å²) < 4.78 is 22.8. The van der Waals surface area contributed by atoms with E-state index in [1.165, 1.54) is 12.8 Å². The molecule has 1 saturated carbocycles. The zero-order valence-electron chi connectivity index (χ0n) is 11.2. The van der Waals surface area contributed by atoms with Crippen LogP contribution in [0.4, 0.5) is 0 Å². The third-order valence-corrected chi connectivity index (χ3v) is 6.17. The fourth-order valence-electron chi connectivity index (χ4n) is 3.52. The molecule has 0 amide bonds. The van der Waals surface area contributed by atoms with E-state index in [4.69, 9.17) is 0 Å². The van der Waals surface area contributed by atoms with Crippen LogP contribution in [0.2, 0.25) is 0 Å². The van der Waals surface area contributed by atoms with Crippen LogP contribution in [-0.2, 0) is 9.84 Å². The maximum absolute atomic E-state index is 11.4. The van der Waals surface area contributed by atoms with Gasteiger partial charge in [0.1, 0.15) is 0 Å². The highest BCUT2D eigenvalue weighted by molar-refractivity contribution is 7.91. The van der Waals surface area contributed by atoms with Crippen molar-refractivity contribution in [3.63, 3.8) is 0 Å². The molecule has 0 radical (unpaired) electrons. The summed E-state index contributed by atoms with van der Waals surface area (Å²) in [7, 11) is -2.72. The summed E-state index contributed by atoms with van der Waals surface area (Å²) in [5.41, 5.74) is 0.443. The number of hydrogen-bond donors (Lipinski definition) is 1. The molecule has 1 N–H and O–H groups in total. The summed E-state index contributed by atoms with van der Waals surface area (Å²) in [6.07, 6.45) is 3.33. The molecule has 0 bridgehead atoms. The molecule has 2 fully saturated rings. The molecule has 0 aromatic carbocycles. The zero-order valence-corrected chi connectivity index (χ0v) is 12.0. The smallest absolute Gasteiger partial charge is 0.150 e. The molecule has 100 valence electrons. The maximum atomic E-state index is 11.4. The van der Waals surface area contributed by atoms with Crippen LogP contribution in [0.25, 0.3) is 0 Å². The van der Waals surface area contributed by atoms with Gasteiger partial charge in [0.15, 0.2) is 9.84 Å². The lowest BCUT2D eigenvalue weighted by Gasteiger charge is -2.20. The Morgan fingerprint density at radius 2 is 2.00 bits per heavy atom. The minimum Gasteiger partial charge on any atom is -0.313 e. The van der Waals surface area contributed by atoms with Crippen molar-refractivity contribution in [1.82, 2.24) is 5.32 Å². The third kappa shape index (κ3) is 3.44. The first-order valence-electron chi connectivity index (χ1n) is 6.71. The third-order valence-electron chi connectivity index (χ3n) is 4.33. The Morgan fingerprint density at radius 1 is 1.29 bits per heavy atom. The van der Waals surface area contributed by atoms with Gasteiger partial charge in [-0.1, -0.05) is 20.8 Å². The van der Waals surface area contributed by atoms with Gasteiger partial charge in [-0.15, -0.1) is 0 Å². The highest BCUT2D eigenvalue weighted by Gasteiger charge is 2.37. The Bertz CT molecular complexity index is 375. The van der Waals surface area contributed by atoms with E-state index in [1.807, 2.05) is 0 Å². The van der Waals surface area contributed by atoms with Crippen molar-refractivity contribution < 1.29 is 8.42 Å². The van der Waals surface area contributed by atoms with Crippen LogP contribution < -0.4 is 5.32 Å². The van der Waals surface area contributed by atoms with Crippen LogP contribution in [0, 0.1) is 17.3 Å². The second kappa shape index (κ2) is 4.54. The first-order chi connectivity index (χ1) is 7.77. The van der Waals surface area contributed by atoms with E-state index in [2.05, 4.69) is 26.1 Å². The predicted octanol–water partition coefficient (Wildman–Crippen LogP) is 1.84. The number of sulfone groups is 1. The molecular weight excluding hydrogens is 234 g/mol. The van der Waals surface area contributed by atoms with Crippen LogP contribution in [0.5, 0.6) is 0 Å². The fraction of sp³-hybridized carbons (Fsp3) is 1.00. The highest BCUT2D eigenvalue weighted by atomic mass is 32.2. The summed E-state index contributed by atoms with van der Waals surface area (Å²) in [4.78, 5) is 0. The molecule has 3 atom stereocenters. The molecule has 0 aromatic heterocycles. The van der Waals surface area contributed by atoms with E-state index in [0.29, 0.717) is 34.8 Å². The van der Waals surface area contributed by atoms with Gasteiger partial charge in [-0.2, -0.15) is 0 Å². The molecule has 1 aliphatic heterocycles. The topological polar surface area (TPSA) is 46.2 Å². The van der Waals surface area contributed by atoms with Crippen molar-refractivity contribution in [1.29, 1.82) is 0 Å². The van der Waals surface area contributed by atoms with Crippen LogP contribution in [0.3, 0.4) is 0 Å². The summed E-state index contributed by atoms with van der Waals surface area (Å²) in [6.45, 7) is 7.83. The monoisotopic (exact) mass is 259 g/mol. The fourth-order valence-corrected chi connectivity index (χ4v) is 5.38. The molecular formula is C13H25NO2S. The SMILES string of the molecule is CC1CC(C)(C)CC1NCC1CCS(=O)(=O)C1. The minimum atomic E-state index is -2.72. The number of hydrogen-bond acceptors (Lipinski definition) is 3. The molecule has 2 aliphatic rings. The Kier molecular flexibility index (Phi) is 3.56. The Balaban J connectivity index is 1.80. The van der Waals surface area contributed by atoms with Crippen molar-refractivity contribution in [3.8, 4) is 0 Å². The molecule has 1 heterocycles. The molecule has 1 saturated heterocycles. The van der Waals surface area contributed by atoms with Crippen LogP contribution in [0.15, 0.2) is 0 Å². The van der Waals surface area contributed by atoms with Gasteiger partial charge in [-0.05, 0) is 43.1 Å². The average Bonchev–Trinajstić information content (AvgIpc) is 2.63. The van der Waals surface area contributed by atoms with Crippen molar-refractivity contribution in [2.75, 3.05) is 18.1 Å². The van der Waals surface area contributed by atoms with Crippen molar-refractivity contribution in [2.24, 2.45) is 17.3 Å². The molecule has 0 spiro atoms. The average molecular weight is 259 g/mol. The molecule has 17 heavy (non-hydrogen) atoms. The number of rotatable bonds is 3. The summed E-state index contributed by atoms with van der Waals surface area (Å²) >= 11 is 0. The lowest BCUT2D eigenvalue weighted by Crippen LogP contribution is -2.35. The van der Waals surface area contributed by atoms with E-state index >= 15 is 0 Å². The molecule has 1 aliphatic carbocycles. The minimum absolute atomic E-state index is 0.343. The summed E-state index contributed by atoms with van der Waals surface area (Å²) in [5, 5.41) is 3.60. The van der Waals surface area contributed by atoms with Gasteiger partial charge < -0.3 is 5.32 Å². The predicted molar refractivity (Wildman–Crippen MR) is 70.7 cm³/mol. The maximum Gasteiger partial charge on any atom is 0.150 e. The molecule has 2 rings (SSSR count). The van der Waals surface area contributed by atoms with Crippen LogP contribution in [0.1, 0.15) is 40.0 Å². The van der Waals surface area contributed by atoms with E-state index in [9.17, 15) is 8.42 Å². The molecule has 3 unspecified atom stereocenters. The van der Waals surface area contributed by atoms with Gasteiger partial charge in [0.2, 0.25) is 0 Å². The molecule has 3 nitrogen and oxygen atoms in total. The van der Waals surface area contributed by atoms with Gasteiger partial charge >= 0.3 is 0 Å². The Morgan fingerprint density at radius 3 is 2.47 bits per heavy atom. The first-order valence-corrected chi connectivity index (χ1v) is 8.53. The lowest BCUT2D eigenvalue weighted by atomic mass is 9.91. The van der Waals surface area contributed by atoms with Gasteiger partial charge in [0.25, 0.3) is 0 Å². The highest BCUT2D eigenvalue weighted by Crippen LogP contribution is 2.40. The number of nitrogens with one attached hydrogen (secondary N) is 1. The van der Waals surface area contributed by atoms with E-state index < -0.39 is 9.84 Å². The first kappa shape index (κ1) is 13.3. The summed E-state index contributed by atoms with van der Waals surface area (Å²) in [5.74, 6) is 1.84. The van der Waals surface area contributed by atoms with E-state index in [-0.39, 0.29) is 0 Å². The standard InChI is InChI=1S/C13H25NO2S/c1-10-6-13(2,3)7-12(10)14-8-11-4-5-17(15,16)9-11/h10-12,14H,4-9H2,1-3H3. The quantitative estimate of drug-likeness (QED) is 0.841. The largest absolute Gasteiger partial charge is 0.313 e. The zero-order chi connectivity index (χ0) is 12.7. The van der Waals surface area contributed by atoms with Crippen molar-refractivity contribution in [3.05, 3.63) is 0 Å². The molecule has 4 heteroatoms. The molecule has 0 aromatic rings.